The molecule has 0 aromatic rings. The van der Waals surface area contributed by atoms with Gasteiger partial charge in [-0.1, -0.05) is 74.1 Å². The third-order valence-electron chi connectivity index (χ3n) is 11.5. The first-order valence-electron chi connectivity index (χ1n) is 13.6. The van der Waals surface area contributed by atoms with Crippen molar-refractivity contribution < 1.29 is 0 Å². The fourth-order valence-corrected chi connectivity index (χ4v) is 10.2. The zero-order chi connectivity index (χ0) is 21.0. The average molecular weight is 401 g/mol. The van der Waals surface area contributed by atoms with E-state index in [0.717, 1.165) is 41.4 Å². The maximum absolute atomic E-state index is 2.75. The molecule has 4 rings (SSSR count). The zero-order valence-corrected chi connectivity index (χ0v) is 21.0. The Balaban J connectivity index is 1.49. The minimum absolute atomic E-state index is 0.585. The lowest BCUT2D eigenvalue weighted by molar-refractivity contribution is -0.147. The van der Waals surface area contributed by atoms with Crippen LogP contribution < -0.4 is 0 Å². The molecular formula is C29H52. The summed E-state index contributed by atoms with van der Waals surface area (Å²) in [5, 5.41) is 0. The molecule has 0 radical (unpaired) electrons. The number of hydrogen-bond donors (Lipinski definition) is 0. The Labute approximate surface area is 183 Å². The van der Waals surface area contributed by atoms with Gasteiger partial charge in [0.1, 0.15) is 0 Å². The van der Waals surface area contributed by atoms with Gasteiger partial charge >= 0.3 is 0 Å². The van der Waals surface area contributed by atoms with Gasteiger partial charge in [-0.25, -0.2) is 0 Å². The van der Waals surface area contributed by atoms with Gasteiger partial charge in [-0.3, -0.25) is 0 Å². The van der Waals surface area contributed by atoms with Gasteiger partial charge in [0, 0.05) is 0 Å². The molecule has 0 aromatic heterocycles. The van der Waals surface area contributed by atoms with Gasteiger partial charge in [0.2, 0.25) is 0 Å². The second-order valence-electron chi connectivity index (χ2n) is 13.9. The van der Waals surface area contributed by atoms with E-state index in [1.54, 1.807) is 32.1 Å². The first-order valence-corrected chi connectivity index (χ1v) is 13.6. The third-order valence-corrected chi connectivity index (χ3v) is 11.5. The summed E-state index contributed by atoms with van der Waals surface area (Å²) in [5.41, 5.74) is 1.89. The molecule has 0 amide bonds. The van der Waals surface area contributed by atoms with Crippen LogP contribution in [0.25, 0.3) is 0 Å². The number of rotatable bonds is 5. The van der Waals surface area contributed by atoms with E-state index in [1.807, 2.05) is 0 Å². The largest absolute Gasteiger partial charge is 0.0628 e. The molecule has 4 fully saturated rings. The second kappa shape index (κ2) is 7.85. The molecule has 0 saturated heterocycles. The van der Waals surface area contributed by atoms with Crippen LogP contribution in [0.1, 0.15) is 126 Å². The highest BCUT2D eigenvalue weighted by Gasteiger charge is 2.62. The van der Waals surface area contributed by atoms with Gasteiger partial charge in [-0.2, -0.15) is 0 Å². The molecule has 0 unspecified atom stereocenters. The Morgan fingerprint density at radius 2 is 1.45 bits per heavy atom. The highest BCUT2D eigenvalue weighted by atomic mass is 14.7. The van der Waals surface area contributed by atoms with E-state index in [2.05, 4.69) is 48.5 Å². The van der Waals surface area contributed by atoms with Crippen molar-refractivity contribution in [3.8, 4) is 0 Å². The van der Waals surface area contributed by atoms with Crippen LogP contribution in [-0.4, -0.2) is 0 Å². The van der Waals surface area contributed by atoms with Crippen LogP contribution in [0, 0.1) is 57.7 Å². The molecule has 0 N–H and O–H groups in total. The molecule has 4 aliphatic rings. The monoisotopic (exact) mass is 400 g/mol. The lowest BCUT2D eigenvalue weighted by atomic mass is 9.41. The molecule has 0 spiro atoms. The predicted octanol–water partition coefficient (Wildman–Crippen LogP) is 9.13. The highest BCUT2D eigenvalue weighted by molar-refractivity contribution is 5.11. The van der Waals surface area contributed by atoms with E-state index in [0.29, 0.717) is 16.2 Å². The summed E-state index contributed by atoms with van der Waals surface area (Å²) < 4.78 is 0. The molecule has 0 heteroatoms. The van der Waals surface area contributed by atoms with Crippen molar-refractivity contribution in [1.29, 1.82) is 0 Å². The van der Waals surface area contributed by atoms with Crippen molar-refractivity contribution in [3.05, 3.63) is 0 Å². The molecular weight excluding hydrogens is 348 g/mol. The van der Waals surface area contributed by atoms with Crippen LogP contribution in [-0.2, 0) is 0 Å². The van der Waals surface area contributed by atoms with Gasteiger partial charge in [0.05, 0.1) is 0 Å². The third kappa shape index (κ3) is 3.65. The molecule has 4 saturated carbocycles. The van der Waals surface area contributed by atoms with Crippen molar-refractivity contribution >= 4 is 0 Å². The maximum atomic E-state index is 2.75. The minimum atomic E-state index is 0.585. The molecule has 0 aliphatic heterocycles. The molecule has 0 heterocycles. The van der Waals surface area contributed by atoms with Gasteiger partial charge in [0.25, 0.3) is 0 Å². The van der Waals surface area contributed by atoms with Crippen molar-refractivity contribution in [3.63, 3.8) is 0 Å². The summed E-state index contributed by atoms with van der Waals surface area (Å²) >= 11 is 0. The molecule has 29 heavy (non-hydrogen) atoms. The Morgan fingerprint density at radius 1 is 0.724 bits per heavy atom. The maximum Gasteiger partial charge on any atom is -0.0261 e. The molecule has 0 aromatic carbocycles. The second-order valence-corrected chi connectivity index (χ2v) is 13.9. The molecule has 0 bridgehead atoms. The van der Waals surface area contributed by atoms with Crippen molar-refractivity contribution in [1.82, 2.24) is 0 Å². The number of fused-ring (bicyclic) bond motifs is 5. The fourth-order valence-electron chi connectivity index (χ4n) is 10.2. The van der Waals surface area contributed by atoms with E-state index in [-0.39, 0.29) is 0 Å². The van der Waals surface area contributed by atoms with Gasteiger partial charge in [0.15, 0.2) is 0 Å². The Hall–Kier alpha value is 0. The van der Waals surface area contributed by atoms with Crippen LogP contribution in [0.15, 0.2) is 0 Å². The molecule has 8 atom stereocenters. The predicted molar refractivity (Wildman–Crippen MR) is 127 cm³/mol. The first kappa shape index (κ1) is 22.2. The van der Waals surface area contributed by atoms with Gasteiger partial charge < -0.3 is 0 Å². The lowest BCUT2D eigenvalue weighted by Crippen LogP contribution is -2.56. The van der Waals surface area contributed by atoms with Crippen LogP contribution in [0.2, 0.25) is 0 Å². The topological polar surface area (TPSA) is 0 Å². The van der Waals surface area contributed by atoms with Crippen LogP contribution >= 0.6 is 0 Å². The van der Waals surface area contributed by atoms with Gasteiger partial charge in [-0.15, -0.1) is 0 Å². The Morgan fingerprint density at radius 3 is 2.17 bits per heavy atom. The molecule has 168 valence electrons. The van der Waals surface area contributed by atoms with E-state index >= 15 is 0 Å². The Bertz CT molecular complexity index is 573. The number of hydrogen-bond acceptors (Lipinski definition) is 0. The lowest BCUT2D eigenvalue weighted by Gasteiger charge is -2.64. The highest BCUT2D eigenvalue weighted by Crippen LogP contribution is 2.70. The van der Waals surface area contributed by atoms with E-state index in [4.69, 9.17) is 0 Å². The summed E-state index contributed by atoms with van der Waals surface area (Å²) in [6.45, 7) is 18.1. The zero-order valence-electron chi connectivity index (χ0n) is 21.0. The standard InChI is InChI=1S/C29H52/c1-20(2)10-8-11-21(3)23-13-14-24-22-12-15-26-27(4,5)17-9-18-29(26,7)25(22)16-19-28(23,24)6/h20-26H,8-19H2,1-7H3/t21-,22+,23-,24-,25-,26+,28+,29-/m0/s1. The van der Waals surface area contributed by atoms with E-state index in [9.17, 15) is 0 Å². The molecule has 4 aliphatic carbocycles. The summed E-state index contributed by atoms with van der Waals surface area (Å²) in [7, 11) is 0. The van der Waals surface area contributed by atoms with Crippen molar-refractivity contribution in [2.45, 2.75) is 126 Å². The van der Waals surface area contributed by atoms with E-state index < -0.39 is 0 Å². The van der Waals surface area contributed by atoms with Gasteiger partial charge in [-0.05, 0) is 109 Å². The van der Waals surface area contributed by atoms with Crippen LogP contribution in [0.5, 0.6) is 0 Å². The normalized spacial score (nSPS) is 47.4. The fraction of sp³-hybridized carbons (Fsp3) is 1.00. The Kier molecular flexibility index (Phi) is 6.01. The summed E-state index contributed by atoms with van der Waals surface area (Å²) in [5.74, 6) is 6.95. The van der Waals surface area contributed by atoms with Crippen LogP contribution in [0.4, 0.5) is 0 Å². The minimum Gasteiger partial charge on any atom is -0.0628 e. The summed E-state index contributed by atoms with van der Waals surface area (Å²) in [6.07, 6.45) is 18.1. The first-order chi connectivity index (χ1) is 13.6. The quantitative estimate of drug-likeness (QED) is 0.431. The van der Waals surface area contributed by atoms with Crippen LogP contribution in [0.3, 0.4) is 0 Å². The van der Waals surface area contributed by atoms with Crippen molar-refractivity contribution in [2.75, 3.05) is 0 Å². The summed E-state index contributed by atoms with van der Waals surface area (Å²) in [4.78, 5) is 0. The SMILES string of the molecule is CC(C)CCC[C@H](C)[C@@H]1CC[C@H]2[C@H]3CC[C@@H]4C(C)(C)CCC[C@@]4(C)[C@H]3CC[C@@]21C. The van der Waals surface area contributed by atoms with E-state index in [1.165, 1.54) is 44.9 Å². The van der Waals surface area contributed by atoms with Crippen molar-refractivity contribution in [2.24, 2.45) is 57.7 Å². The summed E-state index contributed by atoms with van der Waals surface area (Å²) in [6, 6.07) is 0. The average Bonchev–Trinajstić information content (AvgIpc) is 2.98. The smallest absolute Gasteiger partial charge is 0.0261 e. The molecule has 0 nitrogen and oxygen atoms in total.